The lowest BCUT2D eigenvalue weighted by atomic mass is 9.95. The number of carbonyl (C=O) groups excluding carboxylic acids is 1. The zero-order valence-corrected chi connectivity index (χ0v) is 18.2. The molecule has 0 saturated heterocycles. The summed E-state index contributed by atoms with van der Waals surface area (Å²) in [7, 11) is 0. The third kappa shape index (κ3) is 6.30. The van der Waals surface area contributed by atoms with Crippen molar-refractivity contribution in [1.82, 2.24) is 10.2 Å². The number of hydrogen-bond donors (Lipinski definition) is 1. The van der Waals surface area contributed by atoms with Crippen molar-refractivity contribution < 1.29 is 31.1 Å². The van der Waals surface area contributed by atoms with Crippen molar-refractivity contribution in [3.63, 3.8) is 0 Å². The molecular weight excluding hydrogens is 458 g/mol. The van der Waals surface area contributed by atoms with E-state index >= 15 is 0 Å². The van der Waals surface area contributed by atoms with Crippen LogP contribution in [0.2, 0.25) is 0 Å². The van der Waals surface area contributed by atoms with Crippen LogP contribution in [0.25, 0.3) is 11.1 Å². The van der Waals surface area contributed by atoms with Gasteiger partial charge in [0.15, 0.2) is 0 Å². The molecule has 0 fully saturated rings. The molecule has 0 aliphatic heterocycles. The van der Waals surface area contributed by atoms with Gasteiger partial charge in [0.2, 0.25) is 0 Å². The van der Waals surface area contributed by atoms with Crippen LogP contribution in [0.1, 0.15) is 29.2 Å². The first-order valence-corrected chi connectivity index (χ1v) is 10.4. The molecule has 180 valence electrons. The first-order valence-electron chi connectivity index (χ1n) is 10.4. The summed E-state index contributed by atoms with van der Waals surface area (Å²) in [6.45, 7) is 1.87. The quantitative estimate of drug-likeness (QED) is 0.374. The molecule has 3 rings (SSSR count). The Hall–Kier alpha value is -3.49. The number of nitrogens with zero attached hydrogens (tertiary/aromatic N) is 1. The van der Waals surface area contributed by atoms with Gasteiger partial charge in [-0.05, 0) is 53.4 Å². The van der Waals surface area contributed by atoms with Crippen LogP contribution < -0.4 is 5.32 Å². The average Bonchev–Trinajstić information content (AvgIpc) is 2.80. The Labute approximate surface area is 193 Å². The molecule has 0 radical (unpaired) electrons. The number of nitrogens with one attached hydrogen (secondary N) is 1. The summed E-state index contributed by atoms with van der Waals surface area (Å²) in [6.07, 6.45) is -9.51. The van der Waals surface area contributed by atoms with Crippen LogP contribution in [-0.2, 0) is 25.4 Å². The van der Waals surface area contributed by atoms with E-state index in [1.807, 2.05) is 30.3 Å². The van der Waals surface area contributed by atoms with E-state index < -0.39 is 29.5 Å². The van der Waals surface area contributed by atoms with Gasteiger partial charge in [0.1, 0.15) is 0 Å². The summed E-state index contributed by atoms with van der Waals surface area (Å²) in [4.78, 5) is 13.9. The smallest absolute Gasteiger partial charge is 0.334 e. The highest BCUT2D eigenvalue weighted by molar-refractivity contribution is 5.74. The lowest BCUT2D eigenvalue weighted by molar-refractivity contribution is -0.137. The SMILES string of the molecule is CCN(Cc1cc(-c2ccccc2C(F)(F)F)cc(C(F)(F)F)c1)C(=O)NCc1ccccc1. The number of urea groups is 1. The Morgan fingerprint density at radius 1 is 0.824 bits per heavy atom. The third-order valence-electron chi connectivity index (χ3n) is 5.19. The van der Waals surface area contributed by atoms with Crippen LogP contribution >= 0.6 is 0 Å². The second kappa shape index (κ2) is 10.2. The fourth-order valence-corrected chi connectivity index (χ4v) is 3.52. The van der Waals surface area contributed by atoms with Gasteiger partial charge < -0.3 is 10.2 Å². The van der Waals surface area contributed by atoms with Crippen LogP contribution in [0.3, 0.4) is 0 Å². The fraction of sp³-hybridized carbons (Fsp3) is 0.240. The van der Waals surface area contributed by atoms with Crippen molar-refractivity contribution in [2.45, 2.75) is 32.4 Å². The third-order valence-corrected chi connectivity index (χ3v) is 5.19. The first kappa shape index (κ1) is 25.1. The normalized spacial score (nSPS) is 11.9. The number of benzene rings is 3. The fourth-order valence-electron chi connectivity index (χ4n) is 3.52. The number of carbonyl (C=O) groups is 1. The van der Waals surface area contributed by atoms with Crippen molar-refractivity contribution in [3.05, 3.63) is 95.1 Å². The van der Waals surface area contributed by atoms with Gasteiger partial charge in [-0.15, -0.1) is 0 Å². The molecule has 9 heteroatoms. The second-order valence-corrected chi connectivity index (χ2v) is 7.62. The standard InChI is InChI=1S/C25H22F6N2O/c1-2-33(23(34)32-15-17-8-4-3-5-9-17)16-18-12-19(14-20(13-18)24(26,27)28)21-10-6-7-11-22(21)25(29,30)31/h3-14H,2,15-16H2,1H3,(H,32,34). The van der Waals surface area contributed by atoms with E-state index in [0.717, 1.165) is 23.8 Å². The van der Waals surface area contributed by atoms with Crippen LogP contribution in [0, 0.1) is 0 Å². The van der Waals surface area contributed by atoms with E-state index in [4.69, 9.17) is 0 Å². The van der Waals surface area contributed by atoms with Crippen molar-refractivity contribution in [1.29, 1.82) is 0 Å². The van der Waals surface area contributed by atoms with E-state index in [0.29, 0.717) is 6.07 Å². The van der Waals surface area contributed by atoms with Gasteiger partial charge in [-0.3, -0.25) is 0 Å². The van der Waals surface area contributed by atoms with E-state index in [9.17, 15) is 31.1 Å². The average molecular weight is 480 g/mol. The number of hydrogen-bond acceptors (Lipinski definition) is 1. The summed E-state index contributed by atoms with van der Waals surface area (Å²) in [5, 5.41) is 2.71. The maximum Gasteiger partial charge on any atom is 0.417 e. The molecule has 0 aromatic heterocycles. The molecule has 3 aromatic carbocycles. The molecule has 0 unspecified atom stereocenters. The molecule has 0 aliphatic rings. The maximum absolute atomic E-state index is 13.6. The predicted molar refractivity (Wildman–Crippen MR) is 117 cm³/mol. The highest BCUT2D eigenvalue weighted by atomic mass is 19.4. The molecule has 0 spiro atoms. The number of rotatable bonds is 6. The minimum atomic E-state index is -4.77. The molecule has 0 heterocycles. The Kier molecular flexibility index (Phi) is 7.54. The van der Waals surface area contributed by atoms with Crippen LogP contribution in [0.15, 0.2) is 72.8 Å². The Morgan fingerprint density at radius 2 is 1.47 bits per heavy atom. The molecular formula is C25H22F6N2O. The summed E-state index contributed by atoms with van der Waals surface area (Å²) < 4.78 is 81.2. The van der Waals surface area contributed by atoms with Gasteiger partial charge in [0.05, 0.1) is 11.1 Å². The van der Waals surface area contributed by atoms with Gasteiger partial charge in [-0.25, -0.2) is 4.79 Å². The summed E-state index contributed by atoms with van der Waals surface area (Å²) in [5.74, 6) is 0. The lowest BCUT2D eigenvalue weighted by Crippen LogP contribution is -2.39. The van der Waals surface area contributed by atoms with Crippen molar-refractivity contribution in [2.24, 2.45) is 0 Å². The zero-order valence-electron chi connectivity index (χ0n) is 18.2. The van der Waals surface area contributed by atoms with E-state index in [2.05, 4.69) is 5.32 Å². The molecule has 3 nitrogen and oxygen atoms in total. The first-order chi connectivity index (χ1) is 16.0. The molecule has 34 heavy (non-hydrogen) atoms. The van der Waals surface area contributed by atoms with Gasteiger partial charge in [-0.2, -0.15) is 26.3 Å². The number of amides is 2. The maximum atomic E-state index is 13.6. The van der Waals surface area contributed by atoms with Crippen LogP contribution in [-0.4, -0.2) is 17.5 Å². The van der Waals surface area contributed by atoms with Crippen LogP contribution in [0.4, 0.5) is 31.1 Å². The molecule has 0 aliphatic carbocycles. The molecule has 1 N–H and O–H groups in total. The van der Waals surface area contributed by atoms with Crippen LogP contribution in [0.5, 0.6) is 0 Å². The molecule has 3 aromatic rings. The molecule has 2 amide bonds. The molecule has 0 saturated carbocycles. The number of halogens is 6. The Bertz CT molecular complexity index is 1130. The van der Waals surface area contributed by atoms with Crippen molar-refractivity contribution >= 4 is 6.03 Å². The summed E-state index contributed by atoms with van der Waals surface area (Å²) >= 11 is 0. The largest absolute Gasteiger partial charge is 0.417 e. The number of alkyl halides is 6. The molecule has 0 bridgehead atoms. The lowest BCUT2D eigenvalue weighted by Gasteiger charge is -2.23. The van der Waals surface area contributed by atoms with E-state index in [1.165, 1.54) is 23.1 Å². The summed E-state index contributed by atoms with van der Waals surface area (Å²) in [6, 6.07) is 15.8. The van der Waals surface area contributed by atoms with Crippen molar-refractivity contribution in [2.75, 3.05) is 6.54 Å². The minimum Gasteiger partial charge on any atom is -0.334 e. The van der Waals surface area contributed by atoms with Gasteiger partial charge in [0.25, 0.3) is 0 Å². The van der Waals surface area contributed by atoms with Gasteiger partial charge >= 0.3 is 18.4 Å². The van der Waals surface area contributed by atoms with Gasteiger partial charge in [-0.1, -0.05) is 48.5 Å². The molecule has 0 atom stereocenters. The topological polar surface area (TPSA) is 32.3 Å². The Morgan fingerprint density at radius 3 is 2.09 bits per heavy atom. The van der Waals surface area contributed by atoms with E-state index in [-0.39, 0.29) is 36.3 Å². The van der Waals surface area contributed by atoms with Crippen molar-refractivity contribution in [3.8, 4) is 11.1 Å². The highest BCUT2D eigenvalue weighted by Crippen LogP contribution is 2.39. The monoisotopic (exact) mass is 480 g/mol. The minimum absolute atomic E-state index is 0.0681. The predicted octanol–water partition coefficient (Wildman–Crippen LogP) is 7.12. The summed E-state index contributed by atoms with van der Waals surface area (Å²) in [5.41, 5.74) is -1.79. The highest BCUT2D eigenvalue weighted by Gasteiger charge is 2.35. The van der Waals surface area contributed by atoms with E-state index in [1.54, 1.807) is 6.92 Å². The Balaban J connectivity index is 1.93. The van der Waals surface area contributed by atoms with Gasteiger partial charge in [0, 0.05) is 19.6 Å². The zero-order chi connectivity index (χ0) is 24.9. The second-order valence-electron chi connectivity index (χ2n) is 7.62.